The Morgan fingerprint density at radius 2 is 0.852 bits per heavy atom. The molecule has 0 saturated heterocycles. The maximum absolute atomic E-state index is 6.57. The largest absolute Gasteiger partial charge is 0.399 e. The van der Waals surface area contributed by atoms with Gasteiger partial charge >= 0.3 is 348 Å². The molecule has 0 aliphatic heterocycles. The number of fused-ring (bicyclic) bond motifs is 2. The van der Waals surface area contributed by atoms with Gasteiger partial charge in [-0.2, -0.15) is 0 Å². The number of rotatable bonds is 8. The minimum Gasteiger partial charge on any atom is -0.399 e. The minimum absolute atomic E-state index is 0.322. The van der Waals surface area contributed by atoms with Gasteiger partial charge in [-0.1, -0.05) is 18.2 Å². The van der Waals surface area contributed by atoms with Crippen molar-refractivity contribution in [2.45, 2.75) is 0 Å². The summed E-state index contributed by atoms with van der Waals surface area (Å²) in [5.41, 5.74) is 14.9. The van der Waals surface area contributed by atoms with Crippen LogP contribution in [0.5, 0.6) is 0 Å². The first-order valence-corrected chi connectivity index (χ1v) is 24.7. The molecule has 0 radical (unpaired) electrons. The smallest absolute Gasteiger partial charge is 0.0313 e. The number of para-hydroxylation sites is 4. The van der Waals surface area contributed by atoms with E-state index in [-0.39, 0.29) is 0 Å². The van der Waals surface area contributed by atoms with E-state index in [1.54, 1.807) is 0 Å². The fourth-order valence-corrected chi connectivity index (χ4v) is 11.8. The van der Waals surface area contributed by atoms with Crippen molar-refractivity contribution in [1.29, 1.82) is 0 Å². The van der Waals surface area contributed by atoms with Crippen LogP contribution in [0.15, 0.2) is 221 Å². The first-order chi connectivity index (χ1) is 29.9. The van der Waals surface area contributed by atoms with Crippen LogP contribution in [0.2, 0.25) is 10.0 Å². The molecule has 0 spiro atoms. The molecule has 8 aromatic carbocycles. The first kappa shape index (κ1) is 42.2. The fraction of sp³-hybridized carbons (Fsp3) is 0. The van der Waals surface area contributed by atoms with Crippen molar-refractivity contribution < 1.29 is 0 Å². The van der Waals surface area contributed by atoms with Crippen molar-refractivity contribution in [2.24, 2.45) is 0 Å². The van der Waals surface area contributed by atoms with Gasteiger partial charge in [-0.25, -0.2) is 0 Å². The van der Waals surface area contributed by atoms with E-state index < -0.39 is 0 Å². The molecule has 0 bridgehead atoms. The molecule has 4 nitrogen and oxygen atoms in total. The van der Waals surface area contributed by atoms with Crippen LogP contribution in [-0.4, -0.2) is 29.0 Å². The zero-order valence-electron chi connectivity index (χ0n) is 32.7. The fourth-order valence-electron chi connectivity index (χ4n) is 6.87. The molecule has 2 heterocycles. The third-order valence-electron chi connectivity index (χ3n) is 9.54. The molecule has 10 rings (SSSR count). The van der Waals surface area contributed by atoms with Crippen molar-refractivity contribution in [1.82, 2.24) is 0 Å². The number of nitrogens with two attached hydrogens (primary N) is 1. The third-order valence-corrected chi connectivity index (χ3v) is 14.4. The molecule has 3 N–H and O–H groups in total. The summed E-state index contributed by atoms with van der Waals surface area (Å²) in [6, 6.07) is 70.0. The molecule has 0 atom stereocenters. The second-order valence-electron chi connectivity index (χ2n) is 13.8. The molecule has 10 aromatic rings. The molecule has 9 heteroatoms. The van der Waals surface area contributed by atoms with Gasteiger partial charge in [-0.05, 0) is 12.1 Å². The average Bonchev–Trinajstić information content (AvgIpc) is 3.90. The number of hydrogen-bond acceptors (Lipinski definition) is 4. The van der Waals surface area contributed by atoms with E-state index in [9.17, 15) is 0 Å². The molecule has 2 aromatic heterocycles. The summed E-state index contributed by atoms with van der Waals surface area (Å²) in [6.45, 7) is 0. The molecule has 0 aliphatic rings. The van der Waals surface area contributed by atoms with Crippen LogP contribution >= 0.6 is 39.1 Å². The van der Waals surface area contributed by atoms with Crippen LogP contribution in [0, 0.1) is 0 Å². The summed E-state index contributed by atoms with van der Waals surface area (Å²) >= 11 is 17.1. The average molecular weight is 1030 g/mol. The van der Waals surface area contributed by atoms with E-state index in [1.807, 2.05) is 97.1 Å². The van der Waals surface area contributed by atoms with Crippen molar-refractivity contribution in [2.75, 3.05) is 20.9 Å². The number of halogens is 3. The number of benzene rings is 8. The third kappa shape index (κ3) is 10.7. The molecular weight excluding hydrogens is 989 g/mol. The van der Waals surface area contributed by atoms with Crippen molar-refractivity contribution >= 4 is 139 Å². The summed E-state index contributed by atoms with van der Waals surface area (Å²) in [5, 5.41) is 7.49. The second kappa shape index (κ2) is 20.4. The molecule has 0 saturated carbocycles. The topological polar surface area (TPSA) is 44.5 Å². The van der Waals surface area contributed by atoms with Gasteiger partial charge in [0.25, 0.3) is 0 Å². The zero-order valence-corrected chi connectivity index (χ0v) is 39.2. The maximum atomic E-state index is 6.57. The maximum Gasteiger partial charge on any atom is 0.0313 e. The number of nitrogens with one attached hydrogen (secondary N) is 1. The van der Waals surface area contributed by atoms with Gasteiger partial charge in [0.15, 0.2) is 0 Å². The molecule has 0 unspecified atom stereocenters. The Morgan fingerprint density at radius 1 is 0.426 bits per heavy atom. The monoisotopic (exact) mass is 1030 g/mol. The quantitative estimate of drug-likeness (QED) is 0.118. The van der Waals surface area contributed by atoms with E-state index in [2.05, 4.69) is 150 Å². The number of anilines is 9. The summed E-state index contributed by atoms with van der Waals surface area (Å²) in [6.07, 6.45) is 0. The summed E-state index contributed by atoms with van der Waals surface area (Å²) < 4.78 is 3.80. The van der Waals surface area contributed by atoms with Crippen LogP contribution in [0.3, 0.4) is 0 Å². The summed E-state index contributed by atoms with van der Waals surface area (Å²) in [4.78, 5) is 9.29. The predicted molar refractivity (Wildman–Crippen MR) is 269 cm³/mol. The number of nitrogen functional groups attached to an aromatic ring is 1. The molecule has 61 heavy (non-hydrogen) atoms. The van der Waals surface area contributed by atoms with Crippen molar-refractivity contribution in [3.63, 3.8) is 0 Å². The normalized spacial score (nSPS) is 10.6. The van der Waals surface area contributed by atoms with E-state index >= 15 is 0 Å². The van der Waals surface area contributed by atoms with E-state index in [4.69, 9.17) is 28.9 Å². The Labute approximate surface area is 387 Å². The molecule has 0 aliphatic carbocycles. The second-order valence-corrected chi connectivity index (χ2v) is 19.4. The number of nitrogens with zero attached hydrogens (tertiary/aromatic N) is 2. The van der Waals surface area contributed by atoms with Crippen molar-refractivity contribution in [3.05, 3.63) is 231 Å². The van der Waals surface area contributed by atoms with Crippen LogP contribution in [0.4, 0.5) is 51.2 Å². The van der Waals surface area contributed by atoms with E-state index in [0.717, 1.165) is 49.3 Å². The molecule has 0 amide bonds. The van der Waals surface area contributed by atoms with E-state index in [0.29, 0.717) is 34.0 Å². The Kier molecular flexibility index (Phi) is 14.1. The van der Waals surface area contributed by atoms with Crippen molar-refractivity contribution in [3.8, 4) is 0 Å². The van der Waals surface area contributed by atoms with Crippen LogP contribution < -0.4 is 20.9 Å². The molecule has 0 fully saturated rings. The minimum atomic E-state index is 0.322. The molecular formula is C52H39BrCl2N4Se2. The van der Waals surface area contributed by atoms with Gasteiger partial charge < -0.3 is 5.73 Å². The van der Waals surface area contributed by atoms with Gasteiger partial charge in [0.1, 0.15) is 0 Å². The summed E-state index contributed by atoms with van der Waals surface area (Å²) in [5.74, 6) is 0. The van der Waals surface area contributed by atoms with Gasteiger partial charge in [0.05, 0.1) is 0 Å². The standard InChI is InChI=1S/C26H19ClN2Se.C20H13BrClNSe.C6H7N/c27-19-15-21(28-20-9-3-1-4-10-20)17-23(16-19)29(22-11-5-2-6-12-22)25-18-30-26-14-8-7-13-24(25)26;21-14-10-15(22)12-17(11-14)23(16-6-2-1-3-7-16)19-13-24-20-9-5-4-8-18(19)20;7-6-4-2-1-3-5-6/h1-18,28H;1-13H;1-5H,7H2. The molecule has 300 valence electrons. The Morgan fingerprint density at radius 3 is 1.33 bits per heavy atom. The van der Waals surface area contributed by atoms with Gasteiger partial charge in [-0.15, -0.1) is 0 Å². The van der Waals surface area contributed by atoms with Crippen LogP contribution in [0.1, 0.15) is 0 Å². The Bertz CT molecular complexity index is 2940. The predicted octanol–water partition coefficient (Wildman–Crippen LogP) is 15.8. The first-order valence-electron chi connectivity index (χ1n) is 19.4. The zero-order chi connectivity index (χ0) is 42.0. The number of hydrogen-bond donors (Lipinski definition) is 2. The van der Waals surface area contributed by atoms with Gasteiger partial charge in [0.2, 0.25) is 0 Å². The van der Waals surface area contributed by atoms with Crippen LogP contribution in [0.25, 0.3) is 19.3 Å². The SMILES string of the molecule is Clc1cc(Br)cc(N(c2ccccc2)c2c[se]c3ccccc23)c1.Clc1cc(Nc2ccccc2)cc(N(c2ccccc2)c2c[se]c3ccccc23)c1.Nc1ccccc1. The Balaban J connectivity index is 0.000000148. The van der Waals surface area contributed by atoms with E-state index in [1.165, 1.54) is 30.7 Å². The summed E-state index contributed by atoms with van der Waals surface area (Å²) in [7, 11) is 0. The van der Waals surface area contributed by atoms with Gasteiger partial charge in [-0.3, -0.25) is 0 Å². The van der Waals surface area contributed by atoms with Crippen LogP contribution in [-0.2, 0) is 0 Å². The van der Waals surface area contributed by atoms with Gasteiger partial charge in [0, 0.05) is 5.69 Å². The Hall–Kier alpha value is -5.46.